The Labute approximate surface area is 221 Å². The van der Waals surface area contributed by atoms with Crippen molar-refractivity contribution in [2.24, 2.45) is 0 Å². The van der Waals surface area contributed by atoms with Gasteiger partial charge in [0.25, 0.3) is 0 Å². The Hall–Kier alpha value is -2.01. The smallest absolute Gasteiger partial charge is 0.412 e. The summed E-state index contributed by atoms with van der Waals surface area (Å²) in [5.74, 6) is 0. The second-order valence-corrected chi connectivity index (χ2v) is 17.1. The standard InChI is InChI=1S/C31H51NO3Si/c1-8-9-10-11-12-13-14-15-16-20-23-28(35-30(33)32-26-21-18-17-19-22-26)27-24-34-29(25(27)2)36(6,7)31(3,4)5/h17-19,21-22,24,28H,8-16,20,23H2,1-7H3,(H,32,33). The van der Waals surface area contributed by atoms with Crippen molar-refractivity contribution >= 4 is 25.2 Å². The summed E-state index contributed by atoms with van der Waals surface area (Å²) >= 11 is 0. The van der Waals surface area contributed by atoms with Crippen molar-refractivity contribution in [1.82, 2.24) is 0 Å². The molecule has 1 heterocycles. The molecule has 5 heteroatoms. The molecule has 1 N–H and O–H groups in total. The Balaban J connectivity index is 2.01. The number of benzene rings is 1. The molecule has 0 bridgehead atoms. The number of anilines is 1. The highest BCUT2D eigenvalue weighted by molar-refractivity contribution is 6.91. The molecule has 0 saturated carbocycles. The average Bonchev–Trinajstić information content (AvgIpc) is 3.21. The van der Waals surface area contributed by atoms with Crippen LogP contribution in [0.3, 0.4) is 0 Å². The van der Waals surface area contributed by atoms with Gasteiger partial charge in [-0.25, -0.2) is 4.79 Å². The van der Waals surface area contributed by atoms with E-state index in [1.54, 1.807) is 0 Å². The molecule has 1 atom stereocenters. The molecular formula is C31H51NO3Si. The average molecular weight is 514 g/mol. The molecule has 0 fully saturated rings. The second-order valence-electron chi connectivity index (χ2n) is 11.9. The Morgan fingerprint density at radius 1 is 0.944 bits per heavy atom. The molecule has 2 aromatic rings. The summed E-state index contributed by atoms with van der Waals surface area (Å²) in [6.45, 7) is 16.0. The molecule has 0 radical (unpaired) electrons. The Morgan fingerprint density at radius 2 is 1.50 bits per heavy atom. The van der Waals surface area contributed by atoms with Crippen LogP contribution in [0.5, 0.6) is 0 Å². The lowest BCUT2D eigenvalue weighted by molar-refractivity contribution is 0.103. The first-order valence-corrected chi connectivity index (χ1v) is 17.2. The topological polar surface area (TPSA) is 51.5 Å². The molecule has 0 saturated heterocycles. The van der Waals surface area contributed by atoms with Gasteiger partial charge in [0.15, 0.2) is 0 Å². The van der Waals surface area contributed by atoms with E-state index < -0.39 is 14.2 Å². The molecule has 0 aliphatic carbocycles. The summed E-state index contributed by atoms with van der Waals surface area (Å²) in [5, 5.41) is 4.17. The van der Waals surface area contributed by atoms with Crippen LogP contribution >= 0.6 is 0 Å². The van der Waals surface area contributed by atoms with Gasteiger partial charge in [-0.1, -0.05) is 117 Å². The molecule has 36 heavy (non-hydrogen) atoms. The highest BCUT2D eigenvalue weighted by Gasteiger charge is 2.42. The summed E-state index contributed by atoms with van der Waals surface area (Å²) in [7, 11) is -1.84. The number of ether oxygens (including phenoxy) is 1. The van der Waals surface area contributed by atoms with Crippen LogP contribution in [0, 0.1) is 6.92 Å². The highest BCUT2D eigenvalue weighted by atomic mass is 28.3. The third-order valence-corrected chi connectivity index (χ3v) is 13.3. The zero-order chi connectivity index (χ0) is 26.6. The van der Waals surface area contributed by atoms with Gasteiger partial charge in [-0.05, 0) is 42.5 Å². The van der Waals surface area contributed by atoms with Crippen molar-refractivity contribution in [3.8, 4) is 0 Å². The van der Waals surface area contributed by atoms with Crippen molar-refractivity contribution in [1.29, 1.82) is 0 Å². The van der Waals surface area contributed by atoms with Gasteiger partial charge in [0, 0.05) is 11.3 Å². The predicted octanol–water partition coefficient (Wildman–Crippen LogP) is 9.90. The molecule has 2 rings (SSSR count). The van der Waals surface area contributed by atoms with E-state index in [1.165, 1.54) is 57.8 Å². The normalized spacial score (nSPS) is 13.0. The van der Waals surface area contributed by atoms with Crippen LogP contribution in [0.4, 0.5) is 10.5 Å². The van der Waals surface area contributed by atoms with Crippen molar-refractivity contribution in [2.45, 2.75) is 129 Å². The van der Waals surface area contributed by atoms with Gasteiger partial charge < -0.3 is 9.15 Å². The first-order chi connectivity index (χ1) is 17.1. The fourth-order valence-electron chi connectivity index (χ4n) is 4.60. The van der Waals surface area contributed by atoms with Gasteiger partial charge in [0.1, 0.15) is 14.2 Å². The fraction of sp³-hybridized carbons (Fsp3) is 0.645. The van der Waals surface area contributed by atoms with Gasteiger partial charge in [0.05, 0.1) is 11.6 Å². The molecular weight excluding hydrogens is 462 g/mol. The van der Waals surface area contributed by atoms with E-state index >= 15 is 0 Å². The third kappa shape index (κ3) is 9.13. The quantitative estimate of drug-likeness (QED) is 0.190. The van der Waals surface area contributed by atoms with Crippen LogP contribution in [0.25, 0.3) is 0 Å². The Kier molecular flexibility index (Phi) is 12.3. The van der Waals surface area contributed by atoms with Crippen LogP contribution < -0.4 is 10.7 Å². The van der Waals surface area contributed by atoms with Gasteiger partial charge >= 0.3 is 6.09 Å². The molecule has 1 aromatic heterocycles. The van der Waals surface area contributed by atoms with Crippen LogP contribution in [-0.2, 0) is 4.74 Å². The van der Waals surface area contributed by atoms with Crippen LogP contribution in [-0.4, -0.2) is 14.2 Å². The number of hydrogen-bond acceptors (Lipinski definition) is 3. The monoisotopic (exact) mass is 513 g/mol. The number of unbranched alkanes of at least 4 members (excludes halogenated alkanes) is 9. The van der Waals surface area contributed by atoms with Crippen molar-refractivity contribution in [3.05, 3.63) is 47.7 Å². The maximum atomic E-state index is 12.8. The van der Waals surface area contributed by atoms with Gasteiger partial charge in [-0.3, -0.25) is 5.32 Å². The number of carbonyl (C=O) groups excluding carboxylic acids is 1. The predicted molar refractivity (Wildman–Crippen MR) is 156 cm³/mol. The summed E-state index contributed by atoms with van der Waals surface area (Å²) in [4.78, 5) is 12.8. The number of amides is 1. The first kappa shape index (κ1) is 30.2. The summed E-state index contributed by atoms with van der Waals surface area (Å²) in [5.41, 5.74) is 2.92. The van der Waals surface area contributed by atoms with E-state index in [0.29, 0.717) is 0 Å². The summed E-state index contributed by atoms with van der Waals surface area (Å²) in [6, 6.07) is 9.49. The maximum Gasteiger partial charge on any atom is 0.412 e. The zero-order valence-corrected chi connectivity index (χ0v) is 25.0. The molecule has 202 valence electrons. The van der Waals surface area contributed by atoms with Crippen LogP contribution in [0.15, 0.2) is 41.0 Å². The molecule has 0 aliphatic rings. The minimum atomic E-state index is -1.84. The molecule has 4 nitrogen and oxygen atoms in total. The van der Waals surface area contributed by atoms with Crippen molar-refractivity contribution < 1.29 is 13.9 Å². The third-order valence-electron chi connectivity index (χ3n) is 7.96. The number of para-hydroxylation sites is 1. The number of hydrogen-bond donors (Lipinski definition) is 1. The second kappa shape index (κ2) is 14.7. The van der Waals surface area contributed by atoms with E-state index in [4.69, 9.17) is 9.15 Å². The number of furan rings is 1. The fourth-order valence-corrected chi connectivity index (χ4v) is 6.71. The minimum absolute atomic E-state index is 0.171. The Bertz CT molecular complexity index is 898. The molecule has 1 amide bonds. The largest absolute Gasteiger partial charge is 0.474 e. The maximum absolute atomic E-state index is 12.8. The molecule has 1 unspecified atom stereocenters. The van der Waals surface area contributed by atoms with E-state index in [9.17, 15) is 4.79 Å². The molecule has 0 spiro atoms. The summed E-state index contributed by atoms with van der Waals surface area (Å²) in [6.07, 6.45) is 14.8. The number of carbonyl (C=O) groups is 1. The highest BCUT2D eigenvalue weighted by Crippen LogP contribution is 2.38. The van der Waals surface area contributed by atoms with Crippen molar-refractivity contribution in [3.63, 3.8) is 0 Å². The Morgan fingerprint density at radius 3 is 2.06 bits per heavy atom. The molecule has 0 aliphatic heterocycles. The van der Waals surface area contributed by atoms with Gasteiger partial charge in [-0.2, -0.15) is 0 Å². The van der Waals surface area contributed by atoms with E-state index in [2.05, 4.69) is 53.0 Å². The van der Waals surface area contributed by atoms with Crippen LogP contribution in [0.1, 0.15) is 116 Å². The SMILES string of the molecule is CCCCCCCCCCCCC(OC(=O)Nc1ccccc1)c1coc([Si](C)(C)C(C)(C)C)c1C. The summed E-state index contributed by atoms with van der Waals surface area (Å²) < 4.78 is 12.2. The number of rotatable bonds is 15. The van der Waals surface area contributed by atoms with Gasteiger partial charge in [0.2, 0.25) is 0 Å². The van der Waals surface area contributed by atoms with E-state index in [0.717, 1.165) is 35.0 Å². The van der Waals surface area contributed by atoms with Crippen LogP contribution in [0.2, 0.25) is 18.1 Å². The number of nitrogens with one attached hydrogen (secondary N) is 1. The van der Waals surface area contributed by atoms with Crippen molar-refractivity contribution in [2.75, 3.05) is 5.32 Å². The lowest BCUT2D eigenvalue weighted by Gasteiger charge is -2.35. The lowest BCUT2D eigenvalue weighted by Crippen LogP contribution is -2.50. The zero-order valence-electron chi connectivity index (χ0n) is 24.0. The van der Waals surface area contributed by atoms with E-state index in [1.807, 2.05) is 36.6 Å². The molecule has 1 aromatic carbocycles. The lowest BCUT2D eigenvalue weighted by atomic mass is 10.0. The van der Waals surface area contributed by atoms with E-state index in [-0.39, 0.29) is 11.1 Å². The van der Waals surface area contributed by atoms with Gasteiger partial charge in [-0.15, -0.1) is 0 Å². The minimum Gasteiger partial charge on any atom is -0.474 e. The first-order valence-electron chi connectivity index (χ1n) is 14.2.